The van der Waals surface area contributed by atoms with Gasteiger partial charge >= 0.3 is 17.1 Å². The fourth-order valence-electron chi connectivity index (χ4n) is 3.92. The Kier molecular flexibility index (Phi) is 6.08. The Balaban J connectivity index is 0.00000320. The van der Waals surface area contributed by atoms with Crippen LogP contribution in [0, 0.1) is 40.5 Å². The monoisotopic (exact) mass is 546 g/mol. The third kappa shape index (κ3) is 4.19. The summed E-state index contributed by atoms with van der Waals surface area (Å²) >= 11 is 0. The summed E-state index contributed by atoms with van der Waals surface area (Å²) in [5.74, 6) is 0. The quantitative estimate of drug-likeness (QED) is 0.195. The van der Waals surface area contributed by atoms with E-state index in [2.05, 4.69) is 15.0 Å². The van der Waals surface area contributed by atoms with Crippen molar-refractivity contribution in [2.24, 2.45) is 0 Å². The van der Waals surface area contributed by atoms with Crippen molar-refractivity contribution >= 4 is 63.4 Å². The first kappa shape index (κ1) is 24.8. The van der Waals surface area contributed by atoms with Crippen molar-refractivity contribution in [3.63, 3.8) is 0 Å². The van der Waals surface area contributed by atoms with E-state index in [1.54, 1.807) is 24.3 Å². The average molecular weight is 546 g/mol. The number of hydrogen-bond donors (Lipinski definition) is 1. The summed E-state index contributed by atoms with van der Waals surface area (Å²) in [4.78, 5) is 55.8. The molecule has 1 N–H and O–H groups in total. The minimum Gasteiger partial charge on any atom is -0.355 e. The largest absolute Gasteiger partial charge is 0.385 e. The van der Waals surface area contributed by atoms with Gasteiger partial charge in [-0.15, -0.1) is 0 Å². The van der Waals surface area contributed by atoms with Gasteiger partial charge in [-0.2, -0.15) is 0 Å². The fourth-order valence-corrected chi connectivity index (χ4v) is 3.92. The first-order valence-electron chi connectivity index (χ1n) is 9.89. The molecule has 0 fully saturated rings. The van der Waals surface area contributed by atoms with Crippen molar-refractivity contribution in [3.05, 3.63) is 93.6 Å². The predicted molar refractivity (Wildman–Crippen MR) is 125 cm³/mol. The molecule has 2 aliphatic rings. The van der Waals surface area contributed by atoms with E-state index in [-0.39, 0.29) is 33.0 Å². The molecule has 0 aromatic carbocycles. The van der Waals surface area contributed by atoms with Gasteiger partial charge in [0, 0.05) is 28.1 Å². The smallest absolute Gasteiger partial charge is 0.355 e. The summed E-state index contributed by atoms with van der Waals surface area (Å²) in [6.07, 6.45) is 5.85. The summed E-state index contributed by atoms with van der Waals surface area (Å²) in [6, 6.07) is 7.03. The van der Waals surface area contributed by atoms with Gasteiger partial charge in [-0.05, 0) is 59.3 Å². The number of fused-ring (bicyclic) bond motifs is 8. The molecule has 5 rings (SSSR count). The number of rotatable bonds is 4. The van der Waals surface area contributed by atoms with Gasteiger partial charge in [0.15, 0.2) is 10.5 Å². The standard InChI is InChI=1S/C20H10N8O8.Fe/c29-25(30)17-15-6-5-13(23-15)8-12-2-1-10(21-12)7-11-3-4-14(22-11)9-16-18(26(31)32)20(27(33)34)19(17)24(16)28(35)36;/h1-9,22H;. The molecule has 3 aromatic rings. The van der Waals surface area contributed by atoms with Gasteiger partial charge in [0.05, 0.1) is 31.9 Å². The second-order valence-corrected chi connectivity index (χ2v) is 7.45. The summed E-state index contributed by atoms with van der Waals surface area (Å²) in [5.41, 5.74) is -4.62. The Labute approximate surface area is 213 Å². The molecular weight excluding hydrogens is 536 g/mol. The van der Waals surface area contributed by atoms with Crippen LogP contribution in [0.15, 0.2) is 30.3 Å². The molecule has 0 radical (unpaired) electrons. The van der Waals surface area contributed by atoms with E-state index in [0.717, 1.165) is 12.1 Å². The Bertz CT molecular complexity index is 1770. The van der Waals surface area contributed by atoms with Crippen LogP contribution in [0.2, 0.25) is 0 Å². The van der Waals surface area contributed by atoms with Crippen LogP contribution in [0.5, 0.6) is 0 Å². The number of nitrogens with one attached hydrogen (secondary N) is 1. The third-order valence-corrected chi connectivity index (χ3v) is 5.28. The minimum atomic E-state index is -1.41. The molecule has 8 bridgehead atoms. The van der Waals surface area contributed by atoms with Crippen LogP contribution < -0.4 is 0 Å². The van der Waals surface area contributed by atoms with Gasteiger partial charge in [-0.1, -0.05) is 0 Å². The van der Waals surface area contributed by atoms with Crippen molar-refractivity contribution in [1.82, 2.24) is 19.6 Å². The second kappa shape index (κ2) is 9.06. The molecular formula is C20H10FeN8O8. The number of H-pyrrole nitrogens is 1. The summed E-state index contributed by atoms with van der Waals surface area (Å²) in [5, 5.41) is 46.8. The molecule has 2 aliphatic heterocycles. The molecule has 17 heteroatoms. The molecule has 0 saturated heterocycles. The molecule has 0 amide bonds. The molecule has 3 aromatic heterocycles. The van der Waals surface area contributed by atoms with Crippen LogP contribution in [0.25, 0.3) is 46.4 Å². The van der Waals surface area contributed by atoms with E-state index in [1.807, 2.05) is 0 Å². The first-order valence-corrected chi connectivity index (χ1v) is 9.89. The Hall–Kier alpha value is -5.28. The predicted octanol–water partition coefficient (Wildman–Crippen LogP) is 3.89. The summed E-state index contributed by atoms with van der Waals surface area (Å²) in [6.45, 7) is 0. The van der Waals surface area contributed by atoms with E-state index in [0.29, 0.717) is 16.9 Å². The van der Waals surface area contributed by atoms with Gasteiger partial charge in [-0.3, -0.25) is 30.3 Å². The number of aromatic nitrogens is 4. The van der Waals surface area contributed by atoms with E-state index in [9.17, 15) is 40.5 Å². The van der Waals surface area contributed by atoms with Crippen LogP contribution in [-0.4, -0.2) is 39.4 Å². The van der Waals surface area contributed by atoms with Crippen LogP contribution in [-0.2, 0) is 17.1 Å². The number of hydrogen-bond acceptors (Lipinski definition) is 10. The molecule has 186 valence electrons. The van der Waals surface area contributed by atoms with Crippen molar-refractivity contribution in [3.8, 4) is 0 Å². The van der Waals surface area contributed by atoms with Crippen molar-refractivity contribution in [2.45, 2.75) is 0 Å². The van der Waals surface area contributed by atoms with Crippen LogP contribution in [0.4, 0.5) is 17.1 Å². The van der Waals surface area contributed by atoms with Crippen molar-refractivity contribution in [2.75, 3.05) is 0 Å². The first-order chi connectivity index (χ1) is 17.1. The maximum atomic E-state index is 12.1. The molecule has 0 atom stereocenters. The fraction of sp³-hybridized carbons (Fsp3) is 0. The summed E-state index contributed by atoms with van der Waals surface area (Å²) < 4.78 is -0.0351. The maximum Gasteiger partial charge on any atom is 0.385 e. The zero-order valence-corrected chi connectivity index (χ0v) is 19.1. The minimum absolute atomic E-state index is 0. The van der Waals surface area contributed by atoms with E-state index in [4.69, 9.17) is 0 Å². The average Bonchev–Trinajstić information content (AvgIpc) is 3.56. The molecule has 0 unspecified atom stereocenters. The molecule has 0 saturated carbocycles. The number of nitro groups is 4. The Morgan fingerprint density at radius 2 is 1.22 bits per heavy atom. The molecule has 16 nitrogen and oxygen atoms in total. The van der Waals surface area contributed by atoms with Gasteiger partial charge in [-0.25, -0.2) is 20.1 Å². The maximum absolute atomic E-state index is 12.1. The topological polar surface area (TPSA) is 219 Å². The Morgan fingerprint density at radius 3 is 1.81 bits per heavy atom. The van der Waals surface area contributed by atoms with Crippen LogP contribution >= 0.6 is 0 Å². The second-order valence-electron chi connectivity index (χ2n) is 7.45. The van der Waals surface area contributed by atoms with Gasteiger partial charge in [0.2, 0.25) is 0 Å². The molecule has 0 spiro atoms. The van der Waals surface area contributed by atoms with Gasteiger partial charge in [0.1, 0.15) is 5.69 Å². The SMILES string of the molecule is O=[N+]([O-])c1c([N+](=O)[O-])c2c([N+](=O)[O-])c3nc(cc4nc(cc5ccc(cc1n2[N+](=O)[O-])[nH]5)C=C4)C=C3.[Fe]. The normalized spacial score (nSPS) is 11.7. The molecule has 37 heavy (non-hydrogen) atoms. The Morgan fingerprint density at radius 1 is 0.676 bits per heavy atom. The van der Waals surface area contributed by atoms with Crippen LogP contribution in [0.1, 0.15) is 22.8 Å². The number of aromatic amines is 1. The van der Waals surface area contributed by atoms with Crippen LogP contribution in [0.3, 0.4) is 0 Å². The number of nitrogens with zero attached hydrogens (tertiary/aromatic N) is 7. The van der Waals surface area contributed by atoms with Crippen molar-refractivity contribution < 1.29 is 36.9 Å². The zero-order valence-electron chi connectivity index (χ0n) is 17.9. The molecule has 5 heterocycles. The zero-order chi connectivity index (χ0) is 25.7. The van der Waals surface area contributed by atoms with E-state index in [1.165, 1.54) is 18.2 Å². The summed E-state index contributed by atoms with van der Waals surface area (Å²) in [7, 11) is 0. The van der Waals surface area contributed by atoms with Gasteiger partial charge in [0.25, 0.3) is 5.52 Å². The van der Waals surface area contributed by atoms with Gasteiger partial charge < -0.3 is 4.98 Å². The third-order valence-electron chi connectivity index (χ3n) is 5.28. The van der Waals surface area contributed by atoms with Crippen molar-refractivity contribution in [1.29, 1.82) is 0 Å². The van der Waals surface area contributed by atoms with E-state index >= 15 is 0 Å². The van der Waals surface area contributed by atoms with E-state index < -0.39 is 53.6 Å². The molecule has 0 aliphatic carbocycles.